The first-order valence-corrected chi connectivity index (χ1v) is 8.32. The van der Waals surface area contributed by atoms with Gasteiger partial charge < -0.3 is 0 Å². The monoisotopic (exact) mass is 357 g/mol. The maximum atomic E-state index is 13.6. The molecule has 0 saturated carbocycles. The summed E-state index contributed by atoms with van der Waals surface area (Å²) in [5.74, 6) is 0.298. The molecule has 2 aromatic carbocycles. The Bertz CT molecular complexity index is 804. The Morgan fingerprint density at radius 1 is 0.913 bits per heavy atom. The lowest BCUT2D eigenvalue weighted by Crippen LogP contribution is -1.96. The van der Waals surface area contributed by atoms with E-state index in [9.17, 15) is 13.2 Å². The molecule has 1 unspecified atom stereocenters. The Labute approximate surface area is 142 Å². The fourth-order valence-electron chi connectivity index (χ4n) is 2.60. The Morgan fingerprint density at radius 3 is 2.13 bits per heavy atom. The van der Waals surface area contributed by atoms with Crippen molar-refractivity contribution in [1.82, 2.24) is 0 Å². The summed E-state index contributed by atoms with van der Waals surface area (Å²) in [5.41, 5.74) is -2.55. The normalized spacial score (nSPS) is 12.5. The van der Waals surface area contributed by atoms with Gasteiger partial charge in [0.15, 0.2) is 9.58 Å². The smallest absolute Gasteiger partial charge is 0.147 e. The molecule has 0 aliphatic carbocycles. The van der Waals surface area contributed by atoms with E-state index in [-0.39, 0.29) is 12.4 Å². The standard InChI is InChI=1S/C18H16F3S.ClH/c1-12(2)14-8-9-16-15(10-14)11-17(22(16)18(19,20)21)13-6-4-3-5-7-13;/h3-12H,1-2H3;1H/q+1;. The number of alkyl halides is 3. The molecule has 1 aromatic heterocycles. The van der Waals surface area contributed by atoms with Crippen molar-refractivity contribution in [1.29, 1.82) is 0 Å². The predicted octanol–water partition coefficient (Wildman–Crippen LogP) is 7.28. The molecule has 0 nitrogen and oxygen atoms in total. The van der Waals surface area contributed by atoms with Gasteiger partial charge in [-0.25, -0.2) is 0 Å². The zero-order valence-electron chi connectivity index (χ0n) is 12.7. The van der Waals surface area contributed by atoms with E-state index in [1.54, 1.807) is 36.4 Å². The fraction of sp³-hybridized carbons (Fsp3) is 0.222. The second-order valence-corrected chi connectivity index (χ2v) is 7.53. The lowest BCUT2D eigenvalue weighted by atomic mass is 10.0. The highest BCUT2D eigenvalue weighted by atomic mass is 35.5. The van der Waals surface area contributed by atoms with E-state index in [1.165, 1.54) is 0 Å². The summed E-state index contributed by atoms with van der Waals surface area (Å²) >= 11 is 0. The SMILES string of the molecule is CC(C)c1ccc2c(c1)cc(-c1ccccc1)[s+]2C(F)(F)F.Cl. The number of rotatable bonds is 2. The number of fused-ring (bicyclic) bond motifs is 1. The third-order valence-corrected chi connectivity index (χ3v) is 5.78. The van der Waals surface area contributed by atoms with Crippen molar-refractivity contribution in [2.24, 2.45) is 0 Å². The molecule has 0 amide bonds. The van der Waals surface area contributed by atoms with Crippen LogP contribution in [-0.2, 0) is 5.51 Å². The summed E-state index contributed by atoms with van der Waals surface area (Å²) in [5, 5.41) is 0.700. The van der Waals surface area contributed by atoms with Gasteiger partial charge in [-0.05, 0) is 35.7 Å². The molecule has 0 N–H and O–H groups in total. The minimum Gasteiger partial charge on any atom is -0.147 e. The third-order valence-electron chi connectivity index (χ3n) is 3.72. The Hall–Kier alpha value is -1.52. The summed E-state index contributed by atoms with van der Waals surface area (Å²) in [4.78, 5) is 0.365. The number of hydrogen-bond donors (Lipinski definition) is 0. The van der Waals surface area contributed by atoms with E-state index in [4.69, 9.17) is 0 Å². The summed E-state index contributed by atoms with van der Waals surface area (Å²) in [7, 11) is -1.87. The molecule has 5 heteroatoms. The van der Waals surface area contributed by atoms with Crippen LogP contribution < -0.4 is 0 Å². The number of thiophene rings is 1. The lowest BCUT2D eigenvalue weighted by Gasteiger charge is -2.04. The van der Waals surface area contributed by atoms with Crippen LogP contribution in [0.5, 0.6) is 0 Å². The molecule has 0 spiro atoms. The second kappa shape index (κ2) is 6.54. The molecule has 0 radical (unpaired) electrons. The van der Waals surface area contributed by atoms with Crippen LogP contribution >= 0.6 is 22.9 Å². The van der Waals surface area contributed by atoms with Crippen molar-refractivity contribution < 1.29 is 13.2 Å². The predicted molar refractivity (Wildman–Crippen MR) is 94.5 cm³/mol. The first-order valence-electron chi connectivity index (χ1n) is 7.10. The van der Waals surface area contributed by atoms with Gasteiger partial charge in [0.1, 0.15) is 10.5 Å². The highest BCUT2D eigenvalue weighted by Crippen LogP contribution is 2.54. The van der Waals surface area contributed by atoms with E-state index < -0.39 is 16.0 Å². The average Bonchev–Trinajstić information content (AvgIpc) is 2.86. The summed E-state index contributed by atoms with van der Waals surface area (Å²) < 4.78 is 41.2. The van der Waals surface area contributed by atoms with Gasteiger partial charge in [-0.2, -0.15) is 0 Å². The average molecular weight is 358 g/mol. The molecule has 0 aliphatic rings. The van der Waals surface area contributed by atoms with E-state index in [0.717, 1.165) is 5.56 Å². The van der Waals surface area contributed by atoms with Crippen molar-refractivity contribution in [3.63, 3.8) is 0 Å². The summed E-state index contributed by atoms with van der Waals surface area (Å²) in [6, 6.07) is 15.9. The van der Waals surface area contributed by atoms with Crippen molar-refractivity contribution in [3.05, 3.63) is 60.2 Å². The third kappa shape index (κ3) is 3.38. The van der Waals surface area contributed by atoms with E-state index >= 15 is 0 Å². The van der Waals surface area contributed by atoms with Crippen LogP contribution in [0.25, 0.3) is 20.5 Å². The Kier molecular flexibility index (Phi) is 5.07. The molecule has 3 aromatic rings. The van der Waals surface area contributed by atoms with Crippen molar-refractivity contribution >= 4 is 33.0 Å². The van der Waals surface area contributed by atoms with Gasteiger partial charge in [0.25, 0.3) is 0 Å². The van der Waals surface area contributed by atoms with Gasteiger partial charge in [-0.1, -0.05) is 38.1 Å². The highest BCUT2D eigenvalue weighted by Gasteiger charge is 2.48. The molecular formula is C18H17ClF3S+. The van der Waals surface area contributed by atoms with Gasteiger partial charge in [-0.3, -0.25) is 0 Å². The summed E-state index contributed by atoms with van der Waals surface area (Å²) in [6.07, 6.45) is 0. The minimum atomic E-state index is -4.26. The minimum absolute atomic E-state index is 0. The molecular weight excluding hydrogens is 341 g/mol. The maximum Gasteiger partial charge on any atom is 0.601 e. The van der Waals surface area contributed by atoms with Gasteiger partial charge in [-0.15, -0.1) is 25.6 Å². The number of halogens is 4. The molecule has 3 rings (SSSR count). The Balaban J connectivity index is 0.00000192. The van der Waals surface area contributed by atoms with Crippen molar-refractivity contribution in [2.45, 2.75) is 25.3 Å². The second-order valence-electron chi connectivity index (χ2n) is 5.58. The molecule has 0 aliphatic heterocycles. The van der Waals surface area contributed by atoms with Gasteiger partial charge in [0.05, 0.1) is 0 Å². The van der Waals surface area contributed by atoms with Gasteiger partial charge >= 0.3 is 5.51 Å². The maximum absolute atomic E-state index is 13.6. The largest absolute Gasteiger partial charge is 0.601 e. The van der Waals surface area contributed by atoms with Gasteiger partial charge in [0.2, 0.25) is 0 Å². The van der Waals surface area contributed by atoms with Crippen LogP contribution in [0.2, 0.25) is 0 Å². The quantitative estimate of drug-likeness (QED) is 0.423. The molecule has 1 atom stereocenters. The zero-order valence-corrected chi connectivity index (χ0v) is 14.4. The van der Waals surface area contributed by atoms with Gasteiger partial charge in [0, 0.05) is 17.0 Å². The fourth-order valence-corrected chi connectivity index (χ4v) is 4.51. The Morgan fingerprint density at radius 2 is 1.57 bits per heavy atom. The van der Waals surface area contributed by atoms with E-state index in [0.29, 0.717) is 26.4 Å². The summed E-state index contributed by atoms with van der Waals surface area (Å²) in [6.45, 7) is 4.09. The first-order chi connectivity index (χ1) is 10.4. The highest BCUT2D eigenvalue weighted by molar-refractivity contribution is 7.41. The lowest BCUT2D eigenvalue weighted by molar-refractivity contribution is -0.0864. The molecule has 23 heavy (non-hydrogen) atoms. The van der Waals surface area contributed by atoms with Crippen LogP contribution in [-0.4, -0.2) is 0 Å². The van der Waals surface area contributed by atoms with Crippen molar-refractivity contribution in [3.8, 4) is 10.4 Å². The topological polar surface area (TPSA) is 0 Å². The van der Waals surface area contributed by atoms with Crippen LogP contribution in [0.4, 0.5) is 13.2 Å². The van der Waals surface area contributed by atoms with Crippen LogP contribution in [0, 0.1) is 0 Å². The molecule has 1 heterocycles. The first kappa shape index (κ1) is 17.8. The zero-order chi connectivity index (χ0) is 15.9. The van der Waals surface area contributed by atoms with Crippen LogP contribution in [0.15, 0.2) is 54.6 Å². The van der Waals surface area contributed by atoms with Crippen LogP contribution in [0.3, 0.4) is 0 Å². The van der Waals surface area contributed by atoms with Crippen molar-refractivity contribution in [2.75, 3.05) is 0 Å². The molecule has 122 valence electrons. The number of benzene rings is 2. The number of hydrogen-bond acceptors (Lipinski definition) is 0. The molecule has 0 fully saturated rings. The van der Waals surface area contributed by atoms with E-state index in [2.05, 4.69) is 0 Å². The molecule has 0 bridgehead atoms. The van der Waals surface area contributed by atoms with E-state index in [1.807, 2.05) is 32.0 Å². The molecule has 0 saturated heterocycles. The van der Waals surface area contributed by atoms with Crippen LogP contribution in [0.1, 0.15) is 25.3 Å².